The molecule has 0 atom stereocenters. The molecule has 0 aliphatic carbocycles. The minimum absolute atomic E-state index is 0.0404. The Morgan fingerprint density at radius 3 is 2.70 bits per heavy atom. The minimum atomic E-state index is -0.279. The van der Waals surface area contributed by atoms with E-state index in [1.807, 2.05) is 24.3 Å². The second kappa shape index (κ2) is 6.32. The molecular formula is C17H20N2O4. The van der Waals surface area contributed by atoms with Crippen molar-refractivity contribution in [2.24, 2.45) is 11.7 Å². The van der Waals surface area contributed by atoms with E-state index in [0.717, 1.165) is 17.1 Å². The third-order valence-corrected chi connectivity index (χ3v) is 4.39. The van der Waals surface area contributed by atoms with Gasteiger partial charge in [-0.15, -0.1) is 0 Å². The van der Waals surface area contributed by atoms with Gasteiger partial charge in [-0.2, -0.15) is 0 Å². The predicted molar refractivity (Wildman–Crippen MR) is 85.0 cm³/mol. The lowest BCUT2D eigenvalue weighted by Gasteiger charge is -2.32. The lowest BCUT2D eigenvalue weighted by atomic mass is 9.95. The number of methoxy groups -OCH3 is 1. The molecule has 2 aliphatic rings. The summed E-state index contributed by atoms with van der Waals surface area (Å²) in [4.78, 5) is 25.6. The zero-order valence-corrected chi connectivity index (χ0v) is 13.1. The van der Waals surface area contributed by atoms with E-state index in [9.17, 15) is 9.59 Å². The smallest absolute Gasteiger partial charge is 0.253 e. The number of amides is 2. The standard InChI is InChI=1S/C17H20N2O4/c1-22-14-2-3-15-12(9-14)8-13(10-23-15)17(21)19-6-4-11(5-7-19)16(18)20/h2-3,8-9,11H,4-7,10H2,1H3,(H2,18,20). The lowest BCUT2D eigenvalue weighted by Crippen LogP contribution is -2.43. The number of hydrogen-bond acceptors (Lipinski definition) is 4. The summed E-state index contributed by atoms with van der Waals surface area (Å²) in [5, 5.41) is 0. The Labute approximate surface area is 134 Å². The molecule has 0 spiro atoms. The first kappa shape index (κ1) is 15.4. The van der Waals surface area contributed by atoms with Gasteiger partial charge in [0.15, 0.2) is 0 Å². The number of likely N-dealkylation sites (tertiary alicyclic amines) is 1. The number of fused-ring (bicyclic) bond motifs is 1. The fraction of sp³-hybridized carbons (Fsp3) is 0.412. The third-order valence-electron chi connectivity index (χ3n) is 4.39. The van der Waals surface area contributed by atoms with E-state index in [1.165, 1.54) is 0 Å². The van der Waals surface area contributed by atoms with Crippen LogP contribution in [0.3, 0.4) is 0 Å². The molecule has 1 fully saturated rings. The van der Waals surface area contributed by atoms with Gasteiger partial charge in [0, 0.05) is 24.6 Å². The fourth-order valence-electron chi connectivity index (χ4n) is 2.98. The fourth-order valence-corrected chi connectivity index (χ4v) is 2.98. The van der Waals surface area contributed by atoms with Gasteiger partial charge >= 0.3 is 0 Å². The van der Waals surface area contributed by atoms with Crippen molar-refractivity contribution in [1.29, 1.82) is 0 Å². The Balaban J connectivity index is 1.73. The highest BCUT2D eigenvalue weighted by atomic mass is 16.5. The number of nitrogens with two attached hydrogens (primary N) is 1. The molecule has 2 N–H and O–H groups in total. The SMILES string of the molecule is COc1ccc2c(c1)C=C(C(=O)N1CCC(C(N)=O)CC1)CO2. The molecule has 1 aromatic carbocycles. The van der Waals surface area contributed by atoms with Crippen molar-refractivity contribution in [3.63, 3.8) is 0 Å². The summed E-state index contributed by atoms with van der Waals surface area (Å²) in [5.41, 5.74) is 6.78. The van der Waals surface area contributed by atoms with Crippen molar-refractivity contribution >= 4 is 17.9 Å². The van der Waals surface area contributed by atoms with Gasteiger partial charge in [0.25, 0.3) is 5.91 Å². The maximum atomic E-state index is 12.6. The summed E-state index contributed by atoms with van der Waals surface area (Å²) in [6.07, 6.45) is 3.10. The van der Waals surface area contributed by atoms with Crippen LogP contribution in [-0.4, -0.2) is 43.5 Å². The van der Waals surface area contributed by atoms with E-state index in [4.69, 9.17) is 15.2 Å². The summed E-state index contributed by atoms with van der Waals surface area (Å²) in [7, 11) is 1.60. The minimum Gasteiger partial charge on any atom is -0.497 e. The molecule has 0 unspecified atom stereocenters. The van der Waals surface area contributed by atoms with Gasteiger partial charge in [-0.3, -0.25) is 9.59 Å². The number of hydrogen-bond donors (Lipinski definition) is 1. The number of primary amides is 1. The zero-order valence-electron chi connectivity index (χ0n) is 13.1. The van der Waals surface area contributed by atoms with Gasteiger partial charge in [-0.1, -0.05) is 0 Å². The number of carbonyl (C=O) groups is 2. The second-order valence-corrected chi connectivity index (χ2v) is 5.83. The molecule has 6 nitrogen and oxygen atoms in total. The highest BCUT2D eigenvalue weighted by Gasteiger charge is 2.28. The average molecular weight is 316 g/mol. The second-order valence-electron chi connectivity index (χ2n) is 5.83. The van der Waals surface area contributed by atoms with Crippen LogP contribution in [0.5, 0.6) is 11.5 Å². The number of ether oxygens (including phenoxy) is 2. The van der Waals surface area contributed by atoms with Crippen LogP contribution in [0.25, 0.3) is 6.08 Å². The summed E-state index contributed by atoms with van der Waals surface area (Å²) in [5.74, 6) is 1.02. The number of piperidine rings is 1. The number of carbonyl (C=O) groups excluding carboxylic acids is 2. The largest absolute Gasteiger partial charge is 0.497 e. The molecule has 23 heavy (non-hydrogen) atoms. The van der Waals surface area contributed by atoms with E-state index >= 15 is 0 Å². The summed E-state index contributed by atoms with van der Waals surface area (Å²) in [6, 6.07) is 5.51. The molecule has 0 saturated carbocycles. The molecule has 0 bridgehead atoms. The average Bonchev–Trinajstić information content (AvgIpc) is 2.60. The van der Waals surface area contributed by atoms with Gasteiger partial charge in [-0.25, -0.2) is 0 Å². The molecule has 1 aromatic rings. The van der Waals surface area contributed by atoms with Crippen LogP contribution < -0.4 is 15.2 Å². The molecule has 3 rings (SSSR count). The molecule has 2 heterocycles. The normalized spacial score (nSPS) is 17.8. The molecule has 2 amide bonds. The predicted octanol–water partition coefficient (Wildman–Crippen LogP) is 1.19. The van der Waals surface area contributed by atoms with Crippen molar-refractivity contribution in [2.75, 3.05) is 26.8 Å². The van der Waals surface area contributed by atoms with Crippen molar-refractivity contribution in [3.8, 4) is 11.5 Å². The Hall–Kier alpha value is -2.50. The van der Waals surface area contributed by atoms with Gasteiger partial charge < -0.3 is 20.1 Å². The highest BCUT2D eigenvalue weighted by molar-refractivity contribution is 5.99. The summed E-state index contributed by atoms with van der Waals surface area (Å²) >= 11 is 0. The third kappa shape index (κ3) is 3.16. The van der Waals surface area contributed by atoms with E-state index < -0.39 is 0 Å². The van der Waals surface area contributed by atoms with Crippen LogP contribution in [-0.2, 0) is 9.59 Å². The van der Waals surface area contributed by atoms with Gasteiger partial charge in [0.2, 0.25) is 5.91 Å². The number of rotatable bonds is 3. The van der Waals surface area contributed by atoms with Crippen LogP contribution in [0.2, 0.25) is 0 Å². The molecule has 1 saturated heterocycles. The Kier molecular flexibility index (Phi) is 4.23. The van der Waals surface area contributed by atoms with E-state index in [-0.39, 0.29) is 24.3 Å². The maximum absolute atomic E-state index is 12.6. The Morgan fingerprint density at radius 1 is 1.30 bits per heavy atom. The number of benzene rings is 1. The Morgan fingerprint density at radius 2 is 2.04 bits per heavy atom. The quantitative estimate of drug-likeness (QED) is 0.908. The van der Waals surface area contributed by atoms with Crippen molar-refractivity contribution in [1.82, 2.24) is 4.90 Å². The van der Waals surface area contributed by atoms with Crippen molar-refractivity contribution < 1.29 is 19.1 Å². The van der Waals surface area contributed by atoms with E-state index in [1.54, 1.807) is 12.0 Å². The molecular weight excluding hydrogens is 296 g/mol. The monoisotopic (exact) mass is 316 g/mol. The maximum Gasteiger partial charge on any atom is 0.253 e. The first-order valence-electron chi connectivity index (χ1n) is 7.68. The van der Waals surface area contributed by atoms with Crippen LogP contribution in [0.15, 0.2) is 23.8 Å². The van der Waals surface area contributed by atoms with Gasteiger partial charge in [-0.05, 0) is 37.1 Å². The van der Waals surface area contributed by atoms with Crippen LogP contribution in [0.4, 0.5) is 0 Å². The number of nitrogens with zero attached hydrogens (tertiary/aromatic N) is 1. The first-order valence-corrected chi connectivity index (χ1v) is 7.68. The van der Waals surface area contributed by atoms with Crippen LogP contribution in [0.1, 0.15) is 18.4 Å². The molecule has 0 aromatic heterocycles. The first-order chi connectivity index (χ1) is 11.1. The molecule has 122 valence electrons. The zero-order chi connectivity index (χ0) is 16.4. The molecule has 6 heteroatoms. The van der Waals surface area contributed by atoms with Crippen molar-refractivity contribution in [2.45, 2.75) is 12.8 Å². The molecule has 0 radical (unpaired) electrons. The van der Waals surface area contributed by atoms with E-state index in [0.29, 0.717) is 31.5 Å². The van der Waals surface area contributed by atoms with Gasteiger partial charge in [0.1, 0.15) is 18.1 Å². The summed E-state index contributed by atoms with van der Waals surface area (Å²) in [6.45, 7) is 1.36. The van der Waals surface area contributed by atoms with Crippen molar-refractivity contribution in [3.05, 3.63) is 29.3 Å². The highest BCUT2D eigenvalue weighted by Crippen LogP contribution is 2.31. The molecule has 2 aliphatic heterocycles. The topological polar surface area (TPSA) is 81.9 Å². The Bertz CT molecular complexity index is 661. The van der Waals surface area contributed by atoms with Gasteiger partial charge in [0.05, 0.1) is 12.7 Å². The summed E-state index contributed by atoms with van der Waals surface area (Å²) < 4.78 is 10.9. The van der Waals surface area contributed by atoms with Crippen LogP contribution >= 0.6 is 0 Å². The van der Waals surface area contributed by atoms with Crippen LogP contribution in [0, 0.1) is 5.92 Å². The van der Waals surface area contributed by atoms with E-state index in [2.05, 4.69) is 0 Å². The lowest BCUT2D eigenvalue weighted by molar-refractivity contribution is -0.131.